The fourth-order valence-electron chi connectivity index (χ4n) is 3.20. The minimum Gasteiger partial charge on any atom is -0.261 e. The number of nitrogens with one attached hydrogen (secondary N) is 2. The number of aromatic nitrogens is 3. The third kappa shape index (κ3) is 2.57. The second-order valence-electron chi connectivity index (χ2n) is 5.89. The van der Waals surface area contributed by atoms with Gasteiger partial charge in [-0.25, -0.2) is 22.5 Å². The molecule has 2 N–H and O–H groups in total. The van der Waals surface area contributed by atoms with Crippen molar-refractivity contribution in [2.45, 2.75) is 30.2 Å². The molecule has 1 aliphatic rings. The van der Waals surface area contributed by atoms with Gasteiger partial charge in [-0.05, 0) is 42.5 Å². The molecule has 1 atom stereocenters. The Morgan fingerprint density at radius 3 is 2.92 bits per heavy atom. The number of fused-ring (bicyclic) bond motifs is 3. The highest BCUT2D eigenvalue weighted by Gasteiger charge is 2.27. The first-order valence-electron chi connectivity index (χ1n) is 7.61. The molecule has 1 aliphatic carbocycles. The van der Waals surface area contributed by atoms with Crippen LogP contribution < -0.4 is 4.72 Å². The molecule has 4 rings (SSSR count). The van der Waals surface area contributed by atoms with E-state index in [0.29, 0.717) is 12.8 Å². The fourth-order valence-corrected chi connectivity index (χ4v) is 4.54. The van der Waals surface area contributed by atoms with Crippen molar-refractivity contribution in [3.63, 3.8) is 0 Å². The van der Waals surface area contributed by atoms with Crippen LogP contribution in [0.15, 0.2) is 41.6 Å². The van der Waals surface area contributed by atoms with E-state index in [0.717, 1.165) is 34.6 Å². The Hall–Kier alpha value is -2.32. The van der Waals surface area contributed by atoms with Crippen molar-refractivity contribution in [1.29, 1.82) is 0 Å². The summed E-state index contributed by atoms with van der Waals surface area (Å²) in [6, 6.07) is 5.10. The Balaban J connectivity index is 1.60. The highest BCUT2D eigenvalue weighted by molar-refractivity contribution is 7.89. The third-order valence-corrected chi connectivity index (χ3v) is 5.89. The molecular weight excluding hydrogens is 331 g/mol. The summed E-state index contributed by atoms with van der Waals surface area (Å²) in [6.07, 6.45) is 5.38. The van der Waals surface area contributed by atoms with Gasteiger partial charge in [-0.3, -0.25) is 5.10 Å². The van der Waals surface area contributed by atoms with Crippen LogP contribution in [-0.2, 0) is 22.9 Å². The third-order valence-electron chi connectivity index (χ3n) is 4.34. The lowest BCUT2D eigenvalue weighted by Crippen LogP contribution is -2.39. The SMILES string of the molecule is O=S(=O)(NC1CCc2c(cnc3[nH]ncc23)C1)c1ccccc1F. The molecule has 6 nitrogen and oxygen atoms in total. The minimum absolute atomic E-state index is 0.284. The monoisotopic (exact) mass is 346 g/mol. The smallest absolute Gasteiger partial charge is 0.243 e. The van der Waals surface area contributed by atoms with Crippen LogP contribution >= 0.6 is 0 Å². The average Bonchev–Trinajstić information content (AvgIpc) is 3.03. The number of rotatable bonds is 3. The molecule has 0 aliphatic heterocycles. The average molecular weight is 346 g/mol. The molecule has 2 heterocycles. The van der Waals surface area contributed by atoms with Gasteiger partial charge in [0.25, 0.3) is 0 Å². The summed E-state index contributed by atoms with van der Waals surface area (Å²) in [5, 5.41) is 7.80. The van der Waals surface area contributed by atoms with Gasteiger partial charge in [0.15, 0.2) is 5.65 Å². The Bertz CT molecular complexity index is 1020. The Morgan fingerprint density at radius 1 is 1.25 bits per heavy atom. The molecular formula is C16H15FN4O2S. The summed E-state index contributed by atoms with van der Waals surface area (Å²) in [5.41, 5.74) is 2.88. The van der Waals surface area contributed by atoms with E-state index in [9.17, 15) is 12.8 Å². The molecule has 0 radical (unpaired) electrons. The number of benzene rings is 1. The summed E-state index contributed by atoms with van der Waals surface area (Å²) in [7, 11) is -3.89. The van der Waals surface area contributed by atoms with Gasteiger partial charge in [-0.1, -0.05) is 12.1 Å². The molecule has 8 heteroatoms. The Kier molecular flexibility index (Phi) is 3.58. The first-order chi connectivity index (χ1) is 11.5. The normalized spacial score (nSPS) is 17.8. The lowest BCUT2D eigenvalue weighted by Gasteiger charge is -2.25. The zero-order chi connectivity index (χ0) is 16.7. The summed E-state index contributed by atoms with van der Waals surface area (Å²) >= 11 is 0. The topological polar surface area (TPSA) is 87.7 Å². The van der Waals surface area contributed by atoms with E-state index in [4.69, 9.17) is 0 Å². The standard InChI is InChI=1S/C16H15FN4O2S/c17-14-3-1-2-4-15(14)24(22,23)21-11-5-6-12-10(7-11)8-18-16-13(12)9-19-20-16/h1-4,8-9,11,21H,5-7H2,(H,18,19,20). The summed E-state index contributed by atoms with van der Waals surface area (Å²) < 4.78 is 41.2. The molecule has 124 valence electrons. The first-order valence-corrected chi connectivity index (χ1v) is 9.09. The second kappa shape index (κ2) is 5.64. The Labute approximate surface area is 138 Å². The maximum Gasteiger partial charge on any atom is 0.243 e. The molecule has 0 saturated heterocycles. The summed E-state index contributed by atoms with van der Waals surface area (Å²) in [6.45, 7) is 0. The van der Waals surface area contributed by atoms with Crippen molar-refractivity contribution < 1.29 is 12.8 Å². The summed E-state index contributed by atoms with van der Waals surface area (Å²) in [5.74, 6) is -0.747. The van der Waals surface area contributed by atoms with E-state index >= 15 is 0 Å². The molecule has 1 aromatic carbocycles. The number of hydrogen-bond donors (Lipinski definition) is 2. The predicted molar refractivity (Wildman–Crippen MR) is 86.4 cm³/mol. The van der Waals surface area contributed by atoms with E-state index < -0.39 is 15.8 Å². The van der Waals surface area contributed by atoms with Gasteiger partial charge in [0, 0.05) is 17.6 Å². The van der Waals surface area contributed by atoms with Gasteiger partial charge >= 0.3 is 0 Å². The number of nitrogens with zero attached hydrogens (tertiary/aromatic N) is 2. The predicted octanol–water partition coefficient (Wildman–Crippen LogP) is 1.93. The number of H-pyrrole nitrogens is 1. The maximum absolute atomic E-state index is 13.8. The number of aryl methyl sites for hydroxylation is 1. The first kappa shape index (κ1) is 15.2. The summed E-state index contributed by atoms with van der Waals surface area (Å²) in [4.78, 5) is 3.98. The quantitative estimate of drug-likeness (QED) is 0.759. The zero-order valence-corrected chi connectivity index (χ0v) is 13.5. The number of sulfonamides is 1. The molecule has 0 spiro atoms. The van der Waals surface area contributed by atoms with Crippen LogP contribution in [0.25, 0.3) is 11.0 Å². The molecule has 0 bridgehead atoms. The zero-order valence-electron chi connectivity index (χ0n) is 12.7. The van der Waals surface area contributed by atoms with Crippen molar-refractivity contribution in [3.8, 4) is 0 Å². The van der Waals surface area contributed by atoms with Gasteiger partial charge in [-0.2, -0.15) is 5.10 Å². The van der Waals surface area contributed by atoms with Crippen LogP contribution in [0.5, 0.6) is 0 Å². The lowest BCUT2D eigenvalue weighted by molar-refractivity contribution is 0.502. The van der Waals surface area contributed by atoms with Gasteiger partial charge in [0.05, 0.1) is 6.20 Å². The van der Waals surface area contributed by atoms with Crippen LogP contribution in [0.1, 0.15) is 17.5 Å². The number of hydrogen-bond acceptors (Lipinski definition) is 4. The van der Waals surface area contributed by atoms with Crippen molar-refractivity contribution in [2.75, 3.05) is 0 Å². The molecule has 0 amide bonds. The molecule has 0 fully saturated rings. The van der Waals surface area contributed by atoms with E-state index in [1.807, 2.05) is 0 Å². The Morgan fingerprint density at radius 2 is 2.08 bits per heavy atom. The van der Waals surface area contributed by atoms with Gasteiger partial charge in [0.2, 0.25) is 10.0 Å². The van der Waals surface area contributed by atoms with Gasteiger partial charge in [0.1, 0.15) is 10.7 Å². The molecule has 0 saturated carbocycles. The van der Waals surface area contributed by atoms with Crippen molar-refractivity contribution in [1.82, 2.24) is 19.9 Å². The van der Waals surface area contributed by atoms with Crippen molar-refractivity contribution in [3.05, 3.63) is 53.6 Å². The highest BCUT2D eigenvalue weighted by Crippen LogP contribution is 2.27. The van der Waals surface area contributed by atoms with Crippen molar-refractivity contribution >= 4 is 21.1 Å². The van der Waals surface area contributed by atoms with Gasteiger partial charge in [-0.15, -0.1) is 0 Å². The lowest BCUT2D eigenvalue weighted by atomic mass is 9.88. The van der Waals surface area contributed by atoms with Crippen LogP contribution in [-0.4, -0.2) is 29.6 Å². The molecule has 1 unspecified atom stereocenters. The van der Waals surface area contributed by atoms with Crippen LogP contribution in [0.4, 0.5) is 4.39 Å². The second-order valence-corrected chi connectivity index (χ2v) is 7.57. The molecule has 2 aromatic heterocycles. The van der Waals surface area contributed by atoms with E-state index in [2.05, 4.69) is 19.9 Å². The van der Waals surface area contributed by atoms with E-state index in [1.54, 1.807) is 12.4 Å². The molecule has 24 heavy (non-hydrogen) atoms. The minimum atomic E-state index is -3.89. The van der Waals surface area contributed by atoms with Gasteiger partial charge < -0.3 is 0 Å². The van der Waals surface area contributed by atoms with Crippen LogP contribution in [0.3, 0.4) is 0 Å². The number of halogens is 1. The van der Waals surface area contributed by atoms with E-state index in [1.165, 1.54) is 18.2 Å². The van der Waals surface area contributed by atoms with Crippen LogP contribution in [0, 0.1) is 5.82 Å². The molecule has 3 aromatic rings. The highest BCUT2D eigenvalue weighted by atomic mass is 32.2. The fraction of sp³-hybridized carbons (Fsp3) is 0.250. The maximum atomic E-state index is 13.8. The number of aromatic amines is 1. The van der Waals surface area contributed by atoms with E-state index in [-0.39, 0.29) is 10.9 Å². The van der Waals surface area contributed by atoms with Crippen LogP contribution in [0.2, 0.25) is 0 Å². The largest absolute Gasteiger partial charge is 0.261 e. The van der Waals surface area contributed by atoms with Crippen molar-refractivity contribution in [2.24, 2.45) is 0 Å². The number of pyridine rings is 1.